The van der Waals surface area contributed by atoms with E-state index < -0.39 is 0 Å². The van der Waals surface area contributed by atoms with E-state index in [-0.39, 0.29) is 18.4 Å². The van der Waals surface area contributed by atoms with Gasteiger partial charge < -0.3 is 14.7 Å². The molecule has 0 saturated heterocycles. The minimum Gasteiger partial charge on any atom is -0.363 e. The smallest absolute Gasteiger partial charge is 0.254 e. The fourth-order valence-electron chi connectivity index (χ4n) is 2.87. The van der Waals surface area contributed by atoms with Crippen molar-refractivity contribution >= 4 is 17.6 Å². The van der Waals surface area contributed by atoms with E-state index in [0.29, 0.717) is 23.8 Å². The standard InChI is InChI=1S/C22H31N3O3/c1-4-5-6-7-18-8-10-19(11-9-18)22(27)25(14-12-17(2)3)16-21(26)23-20-13-15-28-24-20/h8-11,13,15,17H,4-7,12,14,16H2,1-3H3,(H,23,24,26). The highest BCUT2D eigenvalue weighted by Crippen LogP contribution is 2.13. The molecule has 2 rings (SSSR count). The molecule has 0 saturated carbocycles. The van der Waals surface area contributed by atoms with E-state index in [2.05, 4.69) is 31.2 Å². The first-order chi connectivity index (χ1) is 13.5. The first-order valence-electron chi connectivity index (χ1n) is 10.1. The molecule has 0 fully saturated rings. The van der Waals surface area contributed by atoms with E-state index in [1.807, 2.05) is 24.3 Å². The zero-order valence-electron chi connectivity index (χ0n) is 17.1. The summed E-state index contributed by atoms with van der Waals surface area (Å²) in [7, 11) is 0. The fraction of sp³-hybridized carbons (Fsp3) is 0.500. The van der Waals surface area contributed by atoms with Gasteiger partial charge in [0, 0.05) is 18.2 Å². The van der Waals surface area contributed by atoms with Crippen LogP contribution in [0.4, 0.5) is 5.82 Å². The number of carbonyl (C=O) groups excluding carboxylic acids is 2. The number of unbranched alkanes of at least 4 members (excludes halogenated alkanes) is 2. The largest absolute Gasteiger partial charge is 0.363 e. The third kappa shape index (κ3) is 7.18. The van der Waals surface area contributed by atoms with Gasteiger partial charge in [-0.2, -0.15) is 0 Å². The van der Waals surface area contributed by atoms with Gasteiger partial charge in [0.2, 0.25) is 5.91 Å². The van der Waals surface area contributed by atoms with Crippen molar-refractivity contribution < 1.29 is 14.1 Å². The molecule has 0 radical (unpaired) electrons. The molecule has 0 aliphatic carbocycles. The van der Waals surface area contributed by atoms with E-state index in [0.717, 1.165) is 19.3 Å². The molecule has 2 aromatic rings. The molecule has 0 aliphatic heterocycles. The number of amides is 2. The molecule has 0 aliphatic rings. The third-order valence-electron chi connectivity index (χ3n) is 4.57. The van der Waals surface area contributed by atoms with Crippen molar-refractivity contribution in [1.29, 1.82) is 0 Å². The van der Waals surface area contributed by atoms with Gasteiger partial charge in [-0.05, 0) is 42.9 Å². The SMILES string of the molecule is CCCCCc1ccc(C(=O)N(CCC(C)C)CC(=O)Nc2ccon2)cc1. The van der Waals surface area contributed by atoms with E-state index in [4.69, 9.17) is 4.52 Å². The van der Waals surface area contributed by atoms with Crippen molar-refractivity contribution in [2.75, 3.05) is 18.4 Å². The van der Waals surface area contributed by atoms with Gasteiger partial charge >= 0.3 is 0 Å². The van der Waals surface area contributed by atoms with Crippen molar-refractivity contribution in [3.8, 4) is 0 Å². The number of nitrogens with one attached hydrogen (secondary N) is 1. The molecule has 152 valence electrons. The highest BCUT2D eigenvalue weighted by molar-refractivity contribution is 5.99. The summed E-state index contributed by atoms with van der Waals surface area (Å²) < 4.78 is 4.72. The molecular formula is C22H31N3O3. The lowest BCUT2D eigenvalue weighted by atomic mass is 10.0. The Morgan fingerprint density at radius 2 is 1.89 bits per heavy atom. The van der Waals surface area contributed by atoms with Crippen LogP contribution in [-0.4, -0.2) is 35.0 Å². The summed E-state index contributed by atoms with van der Waals surface area (Å²) in [6, 6.07) is 9.32. The quantitative estimate of drug-likeness (QED) is 0.577. The van der Waals surface area contributed by atoms with Gasteiger partial charge in [0.1, 0.15) is 12.8 Å². The van der Waals surface area contributed by atoms with Gasteiger partial charge in [0.05, 0.1) is 0 Å². The Morgan fingerprint density at radius 3 is 2.50 bits per heavy atom. The molecule has 28 heavy (non-hydrogen) atoms. The molecule has 1 aromatic heterocycles. The Balaban J connectivity index is 2.02. The summed E-state index contributed by atoms with van der Waals surface area (Å²) >= 11 is 0. The summed E-state index contributed by atoms with van der Waals surface area (Å²) in [4.78, 5) is 26.9. The fourth-order valence-corrected chi connectivity index (χ4v) is 2.87. The molecule has 1 heterocycles. The predicted molar refractivity (Wildman–Crippen MR) is 110 cm³/mol. The van der Waals surface area contributed by atoms with Crippen molar-refractivity contribution in [1.82, 2.24) is 10.1 Å². The normalized spacial score (nSPS) is 10.9. The Hall–Kier alpha value is -2.63. The topological polar surface area (TPSA) is 75.4 Å². The molecule has 0 unspecified atom stereocenters. The minimum absolute atomic E-state index is 0.0172. The van der Waals surface area contributed by atoms with Crippen LogP contribution in [0.15, 0.2) is 41.1 Å². The number of rotatable bonds is 11. The second kappa shape index (κ2) is 11.3. The van der Waals surface area contributed by atoms with Crippen LogP contribution in [0.1, 0.15) is 62.4 Å². The summed E-state index contributed by atoms with van der Waals surface area (Å²) in [5, 5.41) is 6.32. The van der Waals surface area contributed by atoms with Crippen LogP contribution in [-0.2, 0) is 11.2 Å². The summed E-state index contributed by atoms with van der Waals surface area (Å²) in [6.07, 6.45) is 6.81. The van der Waals surface area contributed by atoms with Gasteiger partial charge in [-0.3, -0.25) is 9.59 Å². The van der Waals surface area contributed by atoms with Crippen LogP contribution in [0.2, 0.25) is 0 Å². The van der Waals surface area contributed by atoms with Gasteiger partial charge in [0.15, 0.2) is 5.82 Å². The Kier molecular flexibility index (Phi) is 8.72. The minimum atomic E-state index is -0.290. The van der Waals surface area contributed by atoms with Gasteiger partial charge in [-0.25, -0.2) is 0 Å². The predicted octanol–water partition coefficient (Wildman–Crippen LogP) is 4.53. The number of anilines is 1. The van der Waals surface area contributed by atoms with E-state index in [9.17, 15) is 9.59 Å². The number of aromatic nitrogens is 1. The Labute approximate surface area is 167 Å². The second-order valence-corrected chi connectivity index (χ2v) is 7.50. The average Bonchev–Trinajstić information content (AvgIpc) is 3.18. The molecule has 1 N–H and O–H groups in total. The Bertz CT molecular complexity index is 724. The number of carbonyl (C=O) groups is 2. The maximum atomic E-state index is 13.0. The summed E-state index contributed by atoms with van der Waals surface area (Å²) in [6.45, 7) is 6.90. The molecule has 1 aromatic carbocycles. The van der Waals surface area contributed by atoms with Crippen molar-refractivity contribution in [3.05, 3.63) is 47.7 Å². The zero-order valence-corrected chi connectivity index (χ0v) is 17.1. The lowest BCUT2D eigenvalue weighted by Crippen LogP contribution is -2.39. The molecule has 0 atom stereocenters. The first kappa shape index (κ1) is 21.7. The summed E-state index contributed by atoms with van der Waals surface area (Å²) in [5.41, 5.74) is 1.85. The highest BCUT2D eigenvalue weighted by Gasteiger charge is 2.19. The van der Waals surface area contributed by atoms with Crippen LogP contribution in [0.25, 0.3) is 0 Å². The summed E-state index contributed by atoms with van der Waals surface area (Å²) in [5.74, 6) is 0.366. The third-order valence-corrected chi connectivity index (χ3v) is 4.57. The van der Waals surface area contributed by atoms with Crippen molar-refractivity contribution in [2.24, 2.45) is 5.92 Å². The van der Waals surface area contributed by atoms with E-state index in [1.165, 1.54) is 24.7 Å². The zero-order chi connectivity index (χ0) is 20.4. The van der Waals surface area contributed by atoms with E-state index >= 15 is 0 Å². The molecule has 2 amide bonds. The van der Waals surface area contributed by atoms with E-state index in [1.54, 1.807) is 11.0 Å². The lowest BCUT2D eigenvalue weighted by Gasteiger charge is -2.23. The Morgan fingerprint density at radius 1 is 1.14 bits per heavy atom. The highest BCUT2D eigenvalue weighted by atomic mass is 16.5. The first-order valence-corrected chi connectivity index (χ1v) is 10.1. The van der Waals surface area contributed by atoms with Crippen LogP contribution in [0.3, 0.4) is 0 Å². The maximum Gasteiger partial charge on any atom is 0.254 e. The van der Waals surface area contributed by atoms with Crippen molar-refractivity contribution in [2.45, 2.75) is 52.9 Å². The van der Waals surface area contributed by atoms with Gasteiger partial charge in [0.25, 0.3) is 5.91 Å². The van der Waals surface area contributed by atoms with Crippen LogP contribution in [0.5, 0.6) is 0 Å². The number of benzene rings is 1. The molecule has 6 nitrogen and oxygen atoms in total. The van der Waals surface area contributed by atoms with Crippen LogP contribution >= 0.6 is 0 Å². The monoisotopic (exact) mass is 385 g/mol. The number of aryl methyl sites for hydroxylation is 1. The number of hydrogen-bond donors (Lipinski definition) is 1. The maximum absolute atomic E-state index is 13.0. The van der Waals surface area contributed by atoms with Crippen molar-refractivity contribution in [3.63, 3.8) is 0 Å². The van der Waals surface area contributed by atoms with Crippen LogP contribution < -0.4 is 5.32 Å². The lowest BCUT2D eigenvalue weighted by molar-refractivity contribution is -0.117. The van der Waals surface area contributed by atoms with Gasteiger partial charge in [-0.1, -0.05) is 50.9 Å². The second-order valence-electron chi connectivity index (χ2n) is 7.50. The molecule has 0 bridgehead atoms. The molecular weight excluding hydrogens is 354 g/mol. The van der Waals surface area contributed by atoms with Gasteiger partial charge in [-0.15, -0.1) is 0 Å². The average molecular weight is 386 g/mol. The number of nitrogens with zero attached hydrogens (tertiary/aromatic N) is 2. The number of hydrogen-bond acceptors (Lipinski definition) is 4. The van der Waals surface area contributed by atoms with Crippen LogP contribution in [0, 0.1) is 5.92 Å². The molecule has 6 heteroatoms. The molecule has 0 spiro atoms.